The molecule has 0 bridgehead atoms. The van der Waals surface area contributed by atoms with Crippen molar-refractivity contribution in [3.05, 3.63) is 75.5 Å². The first-order valence-electron chi connectivity index (χ1n) is 9.61. The second kappa shape index (κ2) is 8.28. The van der Waals surface area contributed by atoms with E-state index in [2.05, 4.69) is 0 Å². The van der Waals surface area contributed by atoms with Crippen LogP contribution in [0.5, 0.6) is 0 Å². The third kappa shape index (κ3) is 3.89. The second-order valence-corrected chi connectivity index (χ2v) is 9.02. The van der Waals surface area contributed by atoms with Crippen molar-refractivity contribution >= 4 is 51.5 Å². The van der Waals surface area contributed by atoms with Crippen molar-refractivity contribution < 1.29 is 14.0 Å². The molecule has 7 heteroatoms. The maximum Gasteiger partial charge on any atom is 0.293 e. The number of halogens is 2. The molecule has 4 nitrogen and oxygen atoms in total. The molecule has 0 unspecified atom stereocenters. The van der Waals surface area contributed by atoms with Crippen LogP contribution < -0.4 is 0 Å². The summed E-state index contributed by atoms with van der Waals surface area (Å²) in [6.45, 7) is 4.59. The van der Waals surface area contributed by atoms with Crippen molar-refractivity contribution in [2.75, 3.05) is 6.54 Å². The van der Waals surface area contributed by atoms with Gasteiger partial charge in [-0.05, 0) is 42.0 Å². The maximum atomic E-state index is 14.3. The Hall–Kier alpha value is -2.57. The average Bonchev–Trinajstić information content (AvgIpc) is 3.17. The molecule has 1 aliphatic heterocycles. The number of imide groups is 1. The number of carbonyl (C=O) groups is 2. The molecule has 0 radical (unpaired) electrons. The number of benzene rings is 2. The topological polar surface area (TPSA) is 42.3 Å². The SMILES string of the molecule is CC(C)CN1C(=O)S/C(=C\c2cn(Cc3c(F)cccc3Cl)c3ccccc23)C1=O. The zero-order valence-electron chi connectivity index (χ0n) is 16.6. The highest BCUT2D eigenvalue weighted by Crippen LogP contribution is 2.35. The fraction of sp³-hybridized carbons (Fsp3) is 0.217. The van der Waals surface area contributed by atoms with Gasteiger partial charge in [-0.15, -0.1) is 0 Å². The summed E-state index contributed by atoms with van der Waals surface area (Å²) in [6, 6.07) is 12.3. The fourth-order valence-electron chi connectivity index (χ4n) is 3.54. The molecule has 0 saturated carbocycles. The van der Waals surface area contributed by atoms with Crippen LogP contribution >= 0.6 is 23.4 Å². The fourth-order valence-corrected chi connectivity index (χ4v) is 4.60. The molecule has 2 heterocycles. The number of carbonyl (C=O) groups excluding carboxylic acids is 2. The Morgan fingerprint density at radius 2 is 1.90 bits per heavy atom. The van der Waals surface area contributed by atoms with Gasteiger partial charge < -0.3 is 4.57 Å². The molecule has 1 fully saturated rings. The minimum atomic E-state index is -0.364. The van der Waals surface area contributed by atoms with Gasteiger partial charge in [0, 0.05) is 39.8 Å². The van der Waals surface area contributed by atoms with Gasteiger partial charge in [0.1, 0.15) is 5.82 Å². The third-order valence-corrected chi connectivity index (χ3v) is 6.18. The monoisotopic (exact) mass is 442 g/mol. The molecule has 1 saturated heterocycles. The average molecular weight is 443 g/mol. The number of rotatable bonds is 5. The van der Waals surface area contributed by atoms with E-state index in [9.17, 15) is 14.0 Å². The summed E-state index contributed by atoms with van der Waals surface area (Å²) < 4.78 is 16.2. The van der Waals surface area contributed by atoms with Crippen molar-refractivity contribution in [2.24, 2.45) is 5.92 Å². The summed E-state index contributed by atoms with van der Waals surface area (Å²) >= 11 is 7.16. The quantitative estimate of drug-likeness (QED) is 0.443. The van der Waals surface area contributed by atoms with Gasteiger partial charge in [0.05, 0.1) is 11.4 Å². The van der Waals surface area contributed by atoms with Crippen LogP contribution in [0.3, 0.4) is 0 Å². The second-order valence-electron chi connectivity index (χ2n) is 7.62. The van der Waals surface area contributed by atoms with Crippen molar-refractivity contribution in [3.8, 4) is 0 Å². The van der Waals surface area contributed by atoms with Crippen LogP contribution in [0.4, 0.5) is 9.18 Å². The number of aromatic nitrogens is 1. The lowest BCUT2D eigenvalue weighted by atomic mass is 10.1. The summed E-state index contributed by atoms with van der Waals surface area (Å²) in [5.74, 6) is -0.436. The molecule has 1 aromatic heterocycles. The molecule has 0 aliphatic carbocycles. The van der Waals surface area contributed by atoms with E-state index < -0.39 is 0 Å². The van der Waals surface area contributed by atoms with E-state index in [-0.39, 0.29) is 29.4 Å². The first-order valence-corrected chi connectivity index (χ1v) is 10.8. The number of thioether (sulfide) groups is 1. The highest BCUT2D eigenvalue weighted by atomic mass is 35.5. The first kappa shape index (κ1) is 20.7. The van der Waals surface area contributed by atoms with E-state index >= 15 is 0 Å². The molecule has 30 heavy (non-hydrogen) atoms. The number of nitrogens with zero attached hydrogens (tertiary/aromatic N) is 2. The van der Waals surface area contributed by atoms with E-state index in [0.717, 1.165) is 28.2 Å². The third-order valence-electron chi connectivity index (χ3n) is 4.92. The van der Waals surface area contributed by atoms with Gasteiger partial charge in [0.2, 0.25) is 0 Å². The molecule has 0 atom stereocenters. The molecule has 154 valence electrons. The Labute approximate surface area is 183 Å². The minimum absolute atomic E-state index is 0.199. The minimum Gasteiger partial charge on any atom is -0.342 e. The Morgan fingerprint density at radius 1 is 1.13 bits per heavy atom. The van der Waals surface area contributed by atoms with Crippen LogP contribution in [0.25, 0.3) is 17.0 Å². The highest BCUT2D eigenvalue weighted by molar-refractivity contribution is 8.18. The molecule has 0 N–H and O–H groups in total. The number of hydrogen-bond acceptors (Lipinski definition) is 3. The largest absolute Gasteiger partial charge is 0.342 e. The summed E-state index contributed by atoms with van der Waals surface area (Å²) in [6.07, 6.45) is 3.61. The Balaban J connectivity index is 1.74. The number of amides is 2. The van der Waals surface area contributed by atoms with Crippen LogP contribution in [0.2, 0.25) is 5.02 Å². The molecule has 2 amide bonds. The number of para-hydroxylation sites is 1. The van der Waals surface area contributed by atoms with Crippen molar-refractivity contribution in [2.45, 2.75) is 20.4 Å². The molecule has 1 aliphatic rings. The van der Waals surface area contributed by atoms with Crippen LogP contribution in [-0.4, -0.2) is 27.2 Å². The van der Waals surface area contributed by atoms with Gasteiger partial charge in [-0.1, -0.05) is 49.7 Å². The summed E-state index contributed by atoms with van der Waals surface area (Å²) in [4.78, 5) is 26.7. The Morgan fingerprint density at radius 3 is 2.63 bits per heavy atom. The smallest absolute Gasteiger partial charge is 0.293 e. The summed E-state index contributed by atoms with van der Waals surface area (Å²) in [5.41, 5.74) is 2.10. The first-order chi connectivity index (χ1) is 14.3. The van der Waals surface area contributed by atoms with E-state index in [0.29, 0.717) is 22.0 Å². The zero-order chi connectivity index (χ0) is 21.4. The molecular weight excluding hydrogens is 423 g/mol. The van der Waals surface area contributed by atoms with Gasteiger partial charge in [-0.2, -0.15) is 0 Å². The van der Waals surface area contributed by atoms with E-state index in [1.54, 1.807) is 18.2 Å². The molecule has 3 aromatic rings. The van der Waals surface area contributed by atoms with Gasteiger partial charge in [0.25, 0.3) is 11.1 Å². The highest BCUT2D eigenvalue weighted by Gasteiger charge is 2.35. The van der Waals surface area contributed by atoms with Crippen molar-refractivity contribution in [3.63, 3.8) is 0 Å². The standard InChI is InChI=1S/C23H20ClFN2O2S/c1-14(2)11-27-22(28)21(30-23(27)29)10-15-12-26(20-9-4-3-6-16(15)20)13-17-18(24)7-5-8-19(17)25/h3-10,12,14H,11,13H2,1-2H3/b21-10-. The lowest BCUT2D eigenvalue weighted by molar-refractivity contribution is -0.123. The van der Waals surface area contributed by atoms with Gasteiger partial charge in [-0.3, -0.25) is 14.5 Å². The van der Waals surface area contributed by atoms with Crippen LogP contribution in [0.15, 0.2) is 53.6 Å². The van der Waals surface area contributed by atoms with Crippen molar-refractivity contribution in [1.29, 1.82) is 0 Å². The normalized spacial score (nSPS) is 15.9. The van der Waals surface area contributed by atoms with E-state index in [1.165, 1.54) is 11.0 Å². The molecule has 0 spiro atoms. The van der Waals surface area contributed by atoms with E-state index in [4.69, 9.17) is 11.6 Å². The van der Waals surface area contributed by atoms with Gasteiger partial charge in [0.15, 0.2) is 0 Å². The predicted octanol–water partition coefficient (Wildman–Crippen LogP) is 6.17. The van der Waals surface area contributed by atoms with Crippen LogP contribution in [-0.2, 0) is 11.3 Å². The molecule has 2 aromatic carbocycles. The number of fused-ring (bicyclic) bond motifs is 1. The van der Waals surface area contributed by atoms with E-state index in [1.807, 2.05) is 48.9 Å². The number of hydrogen-bond donors (Lipinski definition) is 0. The lowest BCUT2D eigenvalue weighted by Gasteiger charge is -2.14. The summed E-state index contributed by atoms with van der Waals surface area (Å²) in [7, 11) is 0. The summed E-state index contributed by atoms with van der Waals surface area (Å²) in [5, 5.41) is 1.03. The van der Waals surface area contributed by atoms with Crippen LogP contribution in [0.1, 0.15) is 25.0 Å². The maximum absolute atomic E-state index is 14.3. The molecule has 4 rings (SSSR count). The zero-order valence-corrected chi connectivity index (χ0v) is 18.1. The van der Waals surface area contributed by atoms with Crippen LogP contribution in [0, 0.1) is 11.7 Å². The van der Waals surface area contributed by atoms with Crippen molar-refractivity contribution in [1.82, 2.24) is 9.47 Å². The molecular formula is C23H20ClFN2O2S. The lowest BCUT2D eigenvalue weighted by Crippen LogP contribution is -2.31. The Bertz CT molecular complexity index is 1160. The Kier molecular flexibility index (Phi) is 5.71. The van der Waals surface area contributed by atoms with Gasteiger partial charge >= 0.3 is 0 Å². The predicted molar refractivity (Wildman–Crippen MR) is 120 cm³/mol. The van der Waals surface area contributed by atoms with Gasteiger partial charge in [-0.25, -0.2) is 4.39 Å².